The molecule has 14 nitrogen and oxygen atoms in total. The van der Waals surface area contributed by atoms with Crippen molar-refractivity contribution >= 4 is 68.6 Å². The molecule has 46 heavy (non-hydrogen) atoms. The van der Waals surface area contributed by atoms with Crippen LogP contribution >= 0.6 is 35.0 Å². The highest BCUT2D eigenvalue weighted by Gasteiger charge is 2.27. The fourth-order valence-electron chi connectivity index (χ4n) is 3.18. The molecule has 254 valence electrons. The Morgan fingerprint density at radius 3 is 2.11 bits per heavy atom. The van der Waals surface area contributed by atoms with Gasteiger partial charge in [-0.05, 0) is 48.2 Å². The van der Waals surface area contributed by atoms with Crippen LogP contribution < -0.4 is 15.4 Å². The van der Waals surface area contributed by atoms with Gasteiger partial charge in [-0.2, -0.15) is 4.80 Å². The van der Waals surface area contributed by atoms with Gasteiger partial charge >= 0.3 is 5.97 Å². The van der Waals surface area contributed by atoms with Crippen molar-refractivity contribution in [3.8, 4) is 0 Å². The number of sulfonamides is 1. The van der Waals surface area contributed by atoms with E-state index >= 15 is 0 Å². The molecule has 2 aromatic carbocycles. The molecule has 0 aliphatic heterocycles. The van der Waals surface area contributed by atoms with Gasteiger partial charge in [-0.25, -0.2) is 13.1 Å². The first-order valence-corrected chi connectivity index (χ1v) is 16.7. The van der Waals surface area contributed by atoms with E-state index in [0.29, 0.717) is 14.9 Å². The Morgan fingerprint density at radius 1 is 0.957 bits per heavy atom. The number of carboxylic acid groups (broad SMARTS) is 1. The molecule has 1 heterocycles. The molecule has 18 heteroatoms. The van der Waals surface area contributed by atoms with Gasteiger partial charge in [0.2, 0.25) is 27.0 Å². The number of nitrogens with zero attached hydrogens (tertiary/aromatic N) is 4. The van der Waals surface area contributed by atoms with Crippen LogP contribution in [0.4, 0.5) is 0 Å². The Bertz CT molecular complexity index is 1520. The fourth-order valence-corrected chi connectivity index (χ4v) is 5.53. The maximum atomic E-state index is 12.8. The van der Waals surface area contributed by atoms with Crippen LogP contribution in [0.2, 0.25) is 10.0 Å². The molecule has 0 saturated heterocycles. The third-order valence-corrected chi connectivity index (χ3v) is 8.44. The summed E-state index contributed by atoms with van der Waals surface area (Å²) in [6.07, 6.45) is -0.756. The molecule has 0 bridgehead atoms. The lowest BCUT2D eigenvalue weighted by molar-refractivity contribution is -0.140. The zero-order chi connectivity index (χ0) is 34.2. The minimum absolute atomic E-state index is 0. The van der Waals surface area contributed by atoms with Crippen molar-refractivity contribution < 1.29 is 32.7 Å². The molecule has 0 fully saturated rings. The van der Waals surface area contributed by atoms with Crippen LogP contribution in [0.1, 0.15) is 48.5 Å². The predicted molar refractivity (Wildman–Crippen MR) is 176 cm³/mol. The largest absolute Gasteiger partial charge is 0.481 e. The number of nitrogens with one attached hydrogen (secondary N) is 3. The number of carbonyl (C=O) groups is 4. The maximum absolute atomic E-state index is 12.8. The monoisotopic (exact) mass is 719 g/mol. The second kappa shape index (κ2) is 21.3. The summed E-state index contributed by atoms with van der Waals surface area (Å²) in [6, 6.07) is 9.53. The number of hydrogen-bond acceptors (Lipinski definition) is 10. The molecule has 3 aromatic rings. The Balaban J connectivity index is 0.00000389. The topological polar surface area (TPSA) is 202 Å². The molecule has 0 spiro atoms. The number of tetrazole rings is 1. The van der Waals surface area contributed by atoms with E-state index in [-0.39, 0.29) is 17.5 Å². The number of hydrogen-bond donors (Lipinski definition) is 4. The molecular formula is C28H39Cl2N7O7S2. The zero-order valence-electron chi connectivity index (χ0n) is 25.2. The van der Waals surface area contributed by atoms with E-state index in [4.69, 9.17) is 23.2 Å². The molecule has 2 unspecified atom stereocenters. The second-order valence-corrected chi connectivity index (χ2v) is 11.9. The number of amides is 2. The van der Waals surface area contributed by atoms with Crippen LogP contribution in [0, 0.1) is 0 Å². The average molecular weight is 721 g/mol. The molecule has 2 atom stereocenters. The summed E-state index contributed by atoms with van der Waals surface area (Å²) in [7, 11) is -3.96. The summed E-state index contributed by atoms with van der Waals surface area (Å²) in [5, 5.41) is 26.3. The van der Waals surface area contributed by atoms with Crippen molar-refractivity contribution in [1.29, 1.82) is 0 Å². The summed E-state index contributed by atoms with van der Waals surface area (Å²) >= 11 is 13.3. The molecule has 0 radical (unpaired) electrons. The van der Waals surface area contributed by atoms with E-state index in [0.717, 1.165) is 16.6 Å². The lowest BCUT2D eigenvalue weighted by Gasteiger charge is -2.19. The average Bonchev–Trinajstić information content (AvgIpc) is 3.46. The van der Waals surface area contributed by atoms with Crippen molar-refractivity contribution in [3.63, 3.8) is 0 Å². The van der Waals surface area contributed by atoms with E-state index in [1.165, 1.54) is 31.2 Å². The van der Waals surface area contributed by atoms with E-state index in [9.17, 15) is 32.7 Å². The molecule has 3 rings (SSSR count). The number of Topliss-reactive ketones (excluding diaryl/α,β-unsaturated/α-hetero) is 1. The lowest BCUT2D eigenvalue weighted by Crippen LogP contribution is -2.52. The Kier molecular flexibility index (Phi) is 19.6. The summed E-state index contributed by atoms with van der Waals surface area (Å²) < 4.78 is 26.6. The van der Waals surface area contributed by atoms with Crippen LogP contribution in [0.5, 0.6) is 0 Å². The van der Waals surface area contributed by atoms with E-state index < -0.39 is 65.2 Å². The molecule has 2 amide bonds. The van der Waals surface area contributed by atoms with Gasteiger partial charge in [-0.15, -0.1) is 10.2 Å². The maximum Gasteiger partial charge on any atom is 0.305 e. The van der Waals surface area contributed by atoms with Crippen LogP contribution in [0.15, 0.2) is 63.5 Å². The van der Waals surface area contributed by atoms with Crippen molar-refractivity contribution in [1.82, 2.24) is 35.6 Å². The lowest BCUT2D eigenvalue weighted by atomic mass is 10.1. The van der Waals surface area contributed by atoms with Gasteiger partial charge in [0, 0.05) is 0 Å². The Hall–Kier alpha value is -3.57. The van der Waals surface area contributed by atoms with Crippen LogP contribution in [-0.2, 0) is 35.7 Å². The highest BCUT2D eigenvalue weighted by atomic mass is 35.5. The molecular weight excluding hydrogens is 681 g/mol. The third-order valence-electron chi connectivity index (χ3n) is 5.17. The quantitative estimate of drug-likeness (QED) is 0.189. The normalized spacial score (nSPS) is 11.6. The Labute approximate surface area is 283 Å². The number of ketones is 1. The first-order chi connectivity index (χ1) is 21.4. The van der Waals surface area contributed by atoms with Crippen LogP contribution in [0.25, 0.3) is 0 Å². The molecule has 0 aliphatic rings. The van der Waals surface area contributed by atoms with Crippen LogP contribution in [-0.4, -0.2) is 75.9 Å². The predicted octanol–water partition coefficient (Wildman–Crippen LogP) is 3.83. The van der Waals surface area contributed by atoms with Crippen molar-refractivity contribution in [2.45, 2.75) is 82.0 Å². The third kappa shape index (κ3) is 13.8. The highest BCUT2D eigenvalue weighted by molar-refractivity contribution is 7.99. The SMILES string of the molecule is C.CC.CC.CC(NC(=O)CNS(=O)(=O)c1ccccc1)C(=O)NC(CC(=O)O)C(=O)Cn1nnc(Sc2c(Cl)cccc2Cl)n1. The van der Waals surface area contributed by atoms with E-state index in [1.807, 2.05) is 27.7 Å². The highest BCUT2D eigenvalue weighted by Crippen LogP contribution is 2.36. The fraction of sp³-hybridized carbons (Fsp3) is 0.393. The van der Waals surface area contributed by atoms with E-state index in [2.05, 4.69) is 30.8 Å². The number of carboxylic acids is 1. The number of carbonyl (C=O) groups excluding carboxylic acids is 3. The van der Waals surface area contributed by atoms with Gasteiger partial charge in [0.15, 0.2) is 5.78 Å². The number of aliphatic carboxylic acids is 1. The van der Waals surface area contributed by atoms with Gasteiger partial charge in [0.1, 0.15) is 18.6 Å². The standard InChI is InChI=1S/C23H23Cl2N7O7S2.2C2H6.CH4/c1-13(27-19(34)11-26-41(38,39)14-6-3-2-4-7-14)22(37)28-17(10-20(35)36)18(33)12-32-30-23(29-31-32)40-21-15(24)8-5-9-16(21)25;2*1-2;/h2-9,13,17,26H,10-12H2,1H3,(H,27,34)(H,28,37)(H,35,36);2*1-2H3;1H4. The number of benzene rings is 2. The molecule has 1 aromatic heterocycles. The van der Waals surface area contributed by atoms with Gasteiger partial charge < -0.3 is 15.7 Å². The van der Waals surface area contributed by atoms with Crippen LogP contribution in [0.3, 0.4) is 0 Å². The molecule has 4 N–H and O–H groups in total. The molecule has 0 aliphatic carbocycles. The molecule has 0 saturated carbocycles. The van der Waals surface area contributed by atoms with E-state index in [1.54, 1.807) is 24.3 Å². The van der Waals surface area contributed by atoms with Crippen molar-refractivity contribution in [3.05, 3.63) is 58.6 Å². The number of halogens is 2. The summed E-state index contributed by atoms with van der Waals surface area (Å²) in [5.74, 6) is -3.82. The number of aromatic nitrogens is 4. The van der Waals surface area contributed by atoms with Gasteiger partial charge in [-0.3, -0.25) is 19.2 Å². The summed E-state index contributed by atoms with van der Waals surface area (Å²) in [4.78, 5) is 50.4. The first kappa shape index (κ1) is 42.4. The second-order valence-electron chi connectivity index (χ2n) is 8.31. The van der Waals surface area contributed by atoms with Crippen molar-refractivity contribution in [2.75, 3.05) is 6.54 Å². The summed E-state index contributed by atoms with van der Waals surface area (Å²) in [6.45, 7) is 8.09. The van der Waals surface area contributed by atoms with Gasteiger partial charge in [0.05, 0.1) is 32.8 Å². The Morgan fingerprint density at radius 2 is 1.54 bits per heavy atom. The first-order valence-electron chi connectivity index (χ1n) is 13.6. The zero-order valence-corrected chi connectivity index (χ0v) is 28.3. The van der Waals surface area contributed by atoms with Gasteiger partial charge in [0.25, 0.3) is 0 Å². The smallest absolute Gasteiger partial charge is 0.305 e. The van der Waals surface area contributed by atoms with Gasteiger partial charge in [-0.1, -0.05) is 82.6 Å². The number of rotatable bonds is 14. The van der Waals surface area contributed by atoms with Crippen molar-refractivity contribution in [2.24, 2.45) is 0 Å². The summed E-state index contributed by atoms with van der Waals surface area (Å²) in [5.41, 5.74) is 0. The minimum Gasteiger partial charge on any atom is -0.481 e. The minimum atomic E-state index is -3.96.